The van der Waals surface area contributed by atoms with Crippen molar-refractivity contribution in [2.45, 2.75) is 33.7 Å². The van der Waals surface area contributed by atoms with Crippen molar-refractivity contribution in [3.05, 3.63) is 57.3 Å². The van der Waals surface area contributed by atoms with Crippen LogP contribution in [0.4, 0.5) is 5.69 Å². The van der Waals surface area contributed by atoms with E-state index in [-0.39, 0.29) is 5.56 Å². The van der Waals surface area contributed by atoms with Gasteiger partial charge < -0.3 is 9.88 Å². The lowest BCUT2D eigenvalue weighted by molar-refractivity contribution is 0.243. The molecule has 1 fully saturated rings. The monoisotopic (exact) mass is 365 g/mol. The number of aromatic nitrogens is 2. The van der Waals surface area contributed by atoms with Gasteiger partial charge in [-0.15, -0.1) is 0 Å². The number of anilines is 1. The third-order valence-electron chi connectivity index (χ3n) is 4.83. The van der Waals surface area contributed by atoms with Crippen LogP contribution in [0.1, 0.15) is 36.5 Å². The Morgan fingerprint density at radius 3 is 2.59 bits per heavy atom. The van der Waals surface area contributed by atoms with E-state index >= 15 is 0 Å². The maximum atomic E-state index is 11.6. The minimum Gasteiger partial charge on any atom is -0.368 e. The third-order valence-corrected chi connectivity index (χ3v) is 4.83. The summed E-state index contributed by atoms with van der Waals surface area (Å²) in [5.74, 6) is 1.30. The molecule has 1 aliphatic heterocycles. The normalized spacial score (nSPS) is 15.1. The molecule has 6 heteroatoms. The average Bonchev–Trinajstić information content (AvgIpc) is 2.61. The number of nitrogens with zero attached hydrogens (tertiary/aromatic N) is 4. The van der Waals surface area contributed by atoms with Gasteiger partial charge in [-0.3, -0.25) is 9.69 Å². The van der Waals surface area contributed by atoms with Crippen molar-refractivity contribution in [2.75, 3.05) is 31.1 Å². The molecule has 0 spiro atoms. The lowest BCUT2D eigenvalue weighted by Gasteiger charge is -2.36. The highest BCUT2D eigenvalue weighted by atomic mass is 16.1. The molecule has 6 nitrogen and oxygen atoms in total. The van der Waals surface area contributed by atoms with Crippen molar-refractivity contribution in [1.29, 1.82) is 5.26 Å². The third kappa shape index (κ3) is 4.95. The Labute approximate surface area is 160 Å². The Kier molecular flexibility index (Phi) is 5.92. The van der Waals surface area contributed by atoms with E-state index in [2.05, 4.69) is 51.8 Å². The molecule has 0 aliphatic carbocycles. The fraction of sp³-hybridized carbons (Fsp3) is 0.476. The maximum Gasteiger partial charge on any atom is 0.251 e. The Balaban J connectivity index is 1.68. The number of aromatic amines is 1. The molecule has 0 amide bonds. The molecule has 27 heavy (non-hydrogen) atoms. The zero-order valence-corrected chi connectivity index (χ0v) is 16.3. The van der Waals surface area contributed by atoms with E-state index in [1.807, 2.05) is 13.0 Å². The van der Waals surface area contributed by atoms with Crippen LogP contribution in [-0.2, 0) is 13.0 Å². The smallest absolute Gasteiger partial charge is 0.251 e. The molecular formula is C21H27N5O. The molecule has 1 saturated heterocycles. The van der Waals surface area contributed by atoms with E-state index in [0.717, 1.165) is 49.5 Å². The van der Waals surface area contributed by atoms with E-state index in [4.69, 9.17) is 0 Å². The first kappa shape index (κ1) is 19.1. The predicted octanol–water partition coefficient (Wildman–Crippen LogP) is 2.47. The second kappa shape index (κ2) is 8.36. The number of hydrogen-bond donors (Lipinski definition) is 1. The van der Waals surface area contributed by atoms with E-state index < -0.39 is 0 Å². The molecule has 0 radical (unpaired) electrons. The number of aryl methyl sites for hydroxylation is 1. The molecular weight excluding hydrogens is 338 g/mol. The first-order valence-electron chi connectivity index (χ1n) is 9.52. The highest BCUT2D eigenvalue weighted by molar-refractivity contribution is 5.61. The second-order valence-electron chi connectivity index (χ2n) is 7.66. The lowest BCUT2D eigenvalue weighted by atomic mass is 10.00. The van der Waals surface area contributed by atoms with Crippen LogP contribution >= 0.6 is 0 Å². The zero-order chi connectivity index (χ0) is 19.4. The SMILES string of the molecule is Cc1cc(=O)[nH]c(CN2CCN(c3cc(CC(C)C)ccc3C#N)CC2)n1. The Morgan fingerprint density at radius 2 is 1.96 bits per heavy atom. The van der Waals surface area contributed by atoms with E-state index in [9.17, 15) is 10.1 Å². The summed E-state index contributed by atoms with van der Waals surface area (Å²) in [5.41, 5.74) is 3.70. The van der Waals surface area contributed by atoms with Crippen molar-refractivity contribution in [3.63, 3.8) is 0 Å². The van der Waals surface area contributed by atoms with E-state index in [1.54, 1.807) is 0 Å². The van der Waals surface area contributed by atoms with Crippen LogP contribution in [0.15, 0.2) is 29.1 Å². The van der Waals surface area contributed by atoms with Gasteiger partial charge in [0.15, 0.2) is 0 Å². The van der Waals surface area contributed by atoms with Gasteiger partial charge in [0.1, 0.15) is 11.9 Å². The van der Waals surface area contributed by atoms with Crippen LogP contribution in [0, 0.1) is 24.2 Å². The summed E-state index contributed by atoms with van der Waals surface area (Å²) in [6.07, 6.45) is 1.02. The summed E-state index contributed by atoms with van der Waals surface area (Å²) in [4.78, 5) is 23.4. The topological polar surface area (TPSA) is 76.0 Å². The highest BCUT2D eigenvalue weighted by Gasteiger charge is 2.20. The number of rotatable bonds is 5. The van der Waals surface area contributed by atoms with Gasteiger partial charge in [0.2, 0.25) is 0 Å². The van der Waals surface area contributed by atoms with Gasteiger partial charge in [0.05, 0.1) is 17.8 Å². The molecule has 1 aromatic carbocycles. The van der Waals surface area contributed by atoms with Gasteiger partial charge in [0, 0.05) is 37.9 Å². The number of piperazine rings is 1. The molecule has 0 unspecified atom stereocenters. The summed E-state index contributed by atoms with van der Waals surface area (Å²) >= 11 is 0. The molecule has 0 saturated carbocycles. The number of benzene rings is 1. The zero-order valence-electron chi connectivity index (χ0n) is 16.3. The van der Waals surface area contributed by atoms with Gasteiger partial charge in [-0.05, 0) is 37.0 Å². The number of nitriles is 1. The minimum atomic E-state index is -0.100. The highest BCUT2D eigenvalue weighted by Crippen LogP contribution is 2.24. The number of nitrogens with one attached hydrogen (secondary N) is 1. The first-order chi connectivity index (χ1) is 12.9. The fourth-order valence-electron chi connectivity index (χ4n) is 3.61. The number of H-pyrrole nitrogens is 1. The van der Waals surface area contributed by atoms with Gasteiger partial charge >= 0.3 is 0 Å². The van der Waals surface area contributed by atoms with Crippen LogP contribution in [0.2, 0.25) is 0 Å². The largest absolute Gasteiger partial charge is 0.368 e. The first-order valence-corrected chi connectivity index (χ1v) is 9.52. The predicted molar refractivity (Wildman–Crippen MR) is 107 cm³/mol. The standard InChI is InChI=1S/C21H27N5O/c1-15(2)10-17-4-5-18(13-22)19(12-17)26-8-6-25(7-9-26)14-20-23-16(3)11-21(27)24-20/h4-5,11-12,15H,6-10,14H2,1-3H3,(H,23,24,27). The second-order valence-corrected chi connectivity index (χ2v) is 7.66. The van der Waals surface area contributed by atoms with E-state index in [0.29, 0.717) is 18.3 Å². The summed E-state index contributed by atoms with van der Waals surface area (Å²) in [6, 6.07) is 10.0. The van der Waals surface area contributed by atoms with Crippen molar-refractivity contribution in [3.8, 4) is 6.07 Å². The maximum absolute atomic E-state index is 11.6. The van der Waals surface area contributed by atoms with E-state index in [1.165, 1.54) is 11.6 Å². The fourth-order valence-corrected chi connectivity index (χ4v) is 3.61. The average molecular weight is 365 g/mol. The molecule has 0 atom stereocenters. The molecule has 2 heterocycles. The van der Waals surface area contributed by atoms with Gasteiger partial charge in [0.25, 0.3) is 5.56 Å². The number of hydrogen-bond acceptors (Lipinski definition) is 5. The molecule has 3 rings (SSSR count). The molecule has 1 N–H and O–H groups in total. The summed E-state index contributed by atoms with van der Waals surface area (Å²) in [5, 5.41) is 9.49. The molecule has 2 aromatic rings. The summed E-state index contributed by atoms with van der Waals surface area (Å²) < 4.78 is 0. The molecule has 1 aliphatic rings. The summed E-state index contributed by atoms with van der Waals surface area (Å²) in [6.45, 7) is 10.4. The minimum absolute atomic E-state index is 0.100. The van der Waals surface area contributed by atoms with Crippen LogP contribution in [0.5, 0.6) is 0 Å². The lowest BCUT2D eigenvalue weighted by Crippen LogP contribution is -2.46. The molecule has 0 bridgehead atoms. The van der Waals surface area contributed by atoms with Crippen LogP contribution < -0.4 is 10.5 Å². The van der Waals surface area contributed by atoms with Crippen LogP contribution in [-0.4, -0.2) is 41.0 Å². The Morgan fingerprint density at radius 1 is 1.22 bits per heavy atom. The quantitative estimate of drug-likeness (QED) is 0.881. The van der Waals surface area contributed by atoms with Crippen molar-refractivity contribution < 1.29 is 0 Å². The van der Waals surface area contributed by atoms with Crippen molar-refractivity contribution >= 4 is 5.69 Å². The summed E-state index contributed by atoms with van der Waals surface area (Å²) in [7, 11) is 0. The van der Waals surface area contributed by atoms with Gasteiger partial charge in [-0.1, -0.05) is 19.9 Å². The Hall–Kier alpha value is -2.65. The van der Waals surface area contributed by atoms with Crippen molar-refractivity contribution in [1.82, 2.24) is 14.9 Å². The molecule has 142 valence electrons. The van der Waals surface area contributed by atoms with Gasteiger partial charge in [-0.2, -0.15) is 5.26 Å². The van der Waals surface area contributed by atoms with Crippen molar-refractivity contribution in [2.24, 2.45) is 5.92 Å². The Bertz CT molecular complexity index is 888. The molecule has 1 aromatic heterocycles. The van der Waals surface area contributed by atoms with Crippen LogP contribution in [0.25, 0.3) is 0 Å². The van der Waals surface area contributed by atoms with Crippen LogP contribution in [0.3, 0.4) is 0 Å². The van der Waals surface area contributed by atoms with Gasteiger partial charge in [-0.25, -0.2) is 4.98 Å².